The minimum Gasteiger partial charge on any atom is -0.348 e. The first kappa shape index (κ1) is 24.9. The molecule has 0 atom stereocenters. The SMILES string of the molecule is O=C(NCc1cccc(S(=O)(=O)NCCCN2CCCC2)c1)c1cnc(-c2cccc(F)c2)nc1. The predicted molar refractivity (Wildman–Crippen MR) is 131 cm³/mol. The van der Waals surface area contributed by atoms with E-state index in [1.54, 1.807) is 30.3 Å². The summed E-state index contributed by atoms with van der Waals surface area (Å²) >= 11 is 0. The minimum atomic E-state index is -3.63. The fourth-order valence-corrected chi connectivity index (χ4v) is 5.07. The fraction of sp³-hybridized carbons (Fsp3) is 0.320. The van der Waals surface area contributed by atoms with E-state index in [1.165, 1.54) is 43.4 Å². The van der Waals surface area contributed by atoms with Crippen LogP contribution in [-0.2, 0) is 16.6 Å². The first-order chi connectivity index (χ1) is 16.9. The fourth-order valence-electron chi connectivity index (χ4n) is 3.93. The molecule has 1 fully saturated rings. The van der Waals surface area contributed by atoms with Crippen LogP contribution in [0.5, 0.6) is 0 Å². The van der Waals surface area contributed by atoms with Crippen LogP contribution in [0.1, 0.15) is 35.2 Å². The van der Waals surface area contributed by atoms with E-state index >= 15 is 0 Å². The largest absolute Gasteiger partial charge is 0.348 e. The Balaban J connectivity index is 1.30. The number of hydrogen-bond donors (Lipinski definition) is 2. The maximum absolute atomic E-state index is 13.4. The van der Waals surface area contributed by atoms with Gasteiger partial charge in [0.1, 0.15) is 5.82 Å². The molecule has 1 amide bonds. The van der Waals surface area contributed by atoms with E-state index in [2.05, 4.69) is 24.9 Å². The summed E-state index contributed by atoms with van der Waals surface area (Å²) in [4.78, 5) is 23.3. The van der Waals surface area contributed by atoms with Gasteiger partial charge in [-0.05, 0) is 68.7 Å². The van der Waals surface area contributed by atoms with Crippen LogP contribution in [0.2, 0.25) is 0 Å². The van der Waals surface area contributed by atoms with Gasteiger partial charge in [0.25, 0.3) is 5.91 Å². The number of amides is 1. The third-order valence-electron chi connectivity index (χ3n) is 5.80. The summed E-state index contributed by atoms with van der Waals surface area (Å²) in [5, 5.41) is 2.75. The Labute approximate surface area is 204 Å². The molecule has 0 saturated carbocycles. The highest BCUT2D eigenvalue weighted by atomic mass is 32.2. The van der Waals surface area contributed by atoms with Gasteiger partial charge in [0.05, 0.1) is 10.5 Å². The van der Waals surface area contributed by atoms with Gasteiger partial charge in [-0.25, -0.2) is 27.5 Å². The molecular formula is C25H28FN5O3S. The van der Waals surface area contributed by atoms with Crippen molar-refractivity contribution in [2.24, 2.45) is 0 Å². The maximum Gasteiger partial charge on any atom is 0.254 e. The Hall–Kier alpha value is -3.21. The maximum atomic E-state index is 13.4. The van der Waals surface area contributed by atoms with Gasteiger partial charge in [-0.2, -0.15) is 0 Å². The lowest BCUT2D eigenvalue weighted by Crippen LogP contribution is -2.29. The number of nitrogens with zero attached hydrogens (tertiary/aromatic N) is 3. The quantitative estimate of drug-likeness (QED) is 0.418. The summed E-state index contributed by atoms with van der Waals surface area (Å²) in [6.45, 7) is 3.59. The molecule has 35 heavy (non-hydrogen) atoms. The van der Waals surface area contributed by atoms with Crippen molar-refractivity contribution in [2.45, 2.75) is 30.7 Å². The van der Waals surface area contributed by atoms with Crippen molar-refractivity contribution in [3.05, 3.63) is 77.9 Å². The van der Waals surface area contributed by atoms with Gasteiger partial charge in [0.15, 0.2) is 5.82 Å². The van der Waals surface area contributed by atoms with Crippen molar-refractivity contribution in [2.75, 3.05) is 26.2 Å². The average molecular weight is 498 g/mol. The second-order valence-corrected chi connectivity index (χ2v) is 10.2. The molecule has 2 N–H and O–H groups in total. The predicted octanol–water partition coefficient (Wildman–Crippen LogP) is 2.98. The Morgan fingerprint density at radius 3 is 2.51 bits per heavy atom. The van der Waals surface area contributed by atoms with Crippen molar-refractivity contribution in [3.63, 3.8) is 0 Å². The number of carbonyl (C=O) groups excluding carboxylic acids is 1. The molecular weight excluding hydrogens is 469 g/mol. The number of carbonyl (C=O) groups is 1. The lowest BCUT2D eigenvalue weighted by atomic mass is 10.2. The first-order valence-electron chi connectivity index (χ1n) is 11.6. The van der Waals surface area contributed by atoms with Gasteiger partial charge in [-0.1, -0.05) is 24.3 Å². The molecule has 2 aromatic carbocycles. The molecule has 0 radical (unpaired) electrons. The molecule has 4 rings (SSSR count). The molecule has 1 aromatic heterocycles. The van der Waals surface area contributed by atoms with E-state index < -0.39 is 21.7 Å². The number of hydrogen-bond acceptors (Lipinski definition) is 6. The number of likely N-dealkylation sites (tertiary alicyclic amines) is 1. The Morgan fingerprint density at radius 1 is 1.03 bits per heavy atom. The van der Waals surface area contributed by atoms with Gasteiger partial charge < -0.3 is 10.2 Å². The third-order valence-corrected chi connectivity index (χ3v) is 7.26. The van der Waals surface area contributed by atoms with E-state index in [0.29, 0.717) is 23.5 Å². The molecule has 8 nitrogen and oxygen atoms in total. The molecule has 10 heteroatoms. The summed E-state index contributed by atoms with van der Waals surface area (Å²) < 4.78 is 41.4. The Kier molecular flexibility index (Phi) is 8.17. The standard InChI is InChI=1S/C25H28FN5O3S/c26-22-8-4-7-20(15-22)24-27-17-21(18-28-24)25(32)29-16-19-6-3-9-23(14-19)35(33,34)30-10-5-13-31-11-1-2-12-31/h3-4,6-9,14-15,17-18,30H,1-2,5,10-13,16H2,(H,29,32). The van der Waals surface area contributed by atoms with Crippen LogP contribution in [0, 0.1) is 5.82 Å². The lowest BCUT2D eigenvalue weighted by Gasteiger charge is -2.14. The van der Waals surface area contributed by atoms with Crippen molar-refractivity contribution in [1.29, 1.82) is 0 Å². The molecule has 3 aromatic rings. The highest BCUT2D eigenvalue weighted by Crippen LogP contribution is 2.16. The minimum absolute atomic E-state index is 0.142. The topological polar surface area (TPSA) is 104 Å². The van der Waals surface area contributed by atoms with Crippen molar-refractivity contribution in [1.82, 2.24) is 24.9 Å². The van der Waals surface area contributed by atoms with Crippen LogP contribution in [0.3, 0.4) is 0 Å². The summed E-state index contributed by atoms with van der Waals surface area (Å²) in [7, 11) is -3.63. The van der Waals surface area contributed by atoms with E-state index in [0.717, 1.165) is 26.1 Å². The molecule has 0 unspecified atom stereocenters. The Morgan fingerprint density at radius 2 is 1.77 bits per heavy atom. The van der Waals surface area contributed by atoms with E-state index in [4.69, 9.17) is 0 Å². The smallest absolute Gasteiger partial charge is 0.254 e. The van der Waals surface area contributed by atoms with Crippen LogP contribution < -0.4 is 10.0 Å². The highest BCUT2D eigenvalue weighted by Gasteiger charge is 2.16. The van der Waals surface area contributed by atoms with E-state index in [-0.39, 0.29) is 17.0 Å². The molecule has 1 aliphatic heterocycles. The zero-order valence-electron chi connectivity index (χ0n) is 19.3. The zero-order chi connectivity index (χ0) is 24.7. The van der Waals surface area contributed by atoms with Gasteiger partial charge in [-0.15, -0.1) is 0 Å². The molecule has 184 valence electrons. The number of nitrogens with one attached hydrogen (secondary N) is 2. The summed E-state index contributed by atoms with van der Waals surface area (Å²) in [5.41, 5.74) is 1.41. The summed E-state index contributed by atoms with van der Waals surface area (Å²) in [6, 6.07) is 12.4. The van der Waals surface area contributed by atoms with Crippen LogP contribution in [0.4, 0.5) is 4.39 Å². The summed E-state index contributed by atoms with van der Waals surface area (Å²) in [6.07, 6.45) is 5.92. The lowest BCUT2D eigenvalue weighted by molar-refractivity contribution is 0.0950. The average Bonchev–Trinajstić information content (AvgIpc) is 3.39. The van der Waals surface area contributed by atoms with E-state index in [1.807, 2.05) is 0 Å². The van der Waals surface area contributed by atoms with Crippen molar-refractivity contribution >= 4 is 15.9 Å². The number of halogens is 1. The molecule has 0 aliphatic carbocycles. The number of aromatic nitrogens is 2. The van der Waals surface area contributed by atoms with Gasteiger partial charge in [0, 0.05) is 31.0 Å². The summed E-state index contributed by atoms with van der Waals surface area (Å²) in [5.74, 6) is -0.481. The second kappa shape index (κ2) is 11.5. The zero-order valence-corrected chi connectivity index (χ0v) is 20.1. The normalized spacial score (nSPS) is 14.2. The van der Waals surface area contributed by atoms with Crippen LogP contribution in [-0.4, -0.2) is 55.4 Å². The number of rotatable bonds is 10. The van der Waals surface area contributed by atoms with Crippen LogP contribution in [0.15, 0.2) is 65.8 Å². The molecule has 2 heterocycles. The van der Waals surface area contributed by atoms with Crippen molar-refractivity contribution in [3.8, 4) is 11.4 Å². The highest BCUT2D eigenvalue weighted by molar-refractivity contribution is 7.89. The molecule has 1 aliphatic rings. The van der Waals surface area contributed by atoms with Crippen LogP contribution in [0.25, 0.3) is 11.4 Å². The van der Waals surface area contributed by atoms with E-state index in [9.17, 15) is 17.6 Å². The van der Waals surface area contributed by atoms with Gasteiger partial charge >= 0.3 is 0 Å². The monoisotopic (exact) mass is 497 g/mol. The third kappa shape index (κ3) is 6.91. The molecule has 0 spiro atoms. The van der Waals surface area contributed by atoms with Crippen molar-refractivity contribution < 1.29 is 17.6 Å². The molecule has 1 saturated heterocycles. The number of sulfonamides is 1. The van der Waals surface area contributed by atoms with Gasteiger partial charge in [0.2, 0.25) is 10.0 Å². The number of benzene rings is 2. The first-order valence-corrected chi connectivity index (χ1v) is 13.1. The van der Waals surface area contributed by atoms with Gasteiger partial charge in [-0.3, -0.25) is 4.79 Å². The Bertz CT molecular complexity index is 1260. The molecule has 0 bridgehead atoms. The van der Waals surface area contributed by atoms with Crippen LogP contribution >= 0.6 is 0 Å². The second-order valence-electron chi connectivity index (χ2n) is 8.44.